The maximum atomic E-state index is 5.97. The first-order valence-electron chi connectivity index (χ1n) is 8.38. The molecule has 0 aliphatic heterocycles. The quantitative estimate of drug-likeness (QED) is 0.396. The number of aromatic nitrogens is 3. The van der Waals surface area contributed by atoms with Gasteiger partial charge in [-0.05, 0) is 35.0 Å². The lowest BCUT2D eigenvalue weighted by molar-refractivity contribution is 0.945. The molecule has 2 heterocycles. The second-order valence-corrected chi connectivity index (χ2v) is 6.65. The lowest BCUT2D eigenvalue weighted by Crippen LogP contribution is -1.91. The molecule has 5 rings (SSSR count). The van der Waals surface area contributed by atoms with Gasteiger partial charge in [-0.25, -0.2) is 9.50 Å². The zero-order valence-corrected chi connectivity index (χ0v) is 14.6. The molecule has 0 atom stereocenters. The molecule has 0 radical (unpaired) electrons. The molecule has 0 saturated heterocycles. The fraction of sp³-hybridized carbons (Fsp3) is 0. The van der Waals surface area contributed by atoms with E-state index in [9.17, 15) is 0 Å². The summed E-state index contributed by atoms with van der Waals surface area (Å²) >= 11 is 5.97. The highest BCUT2D eigenvalue weighted by molar-refractivity contribution is 6.30. The Morgan fingerprint density at radius 2 is 1.46 bits per heavy atom. The zero-order chi connectivity index (χ0) is 17.5. The Labute approximate surface area is 155 Å². The maximum Gasteiger partial charge on any atom is 0.156 e. The zero-order valence-electron chi connectivity index (χ0n) is 13.8. The van der Waals surface area contributed by atoms with Gasteiger partial charge >= 0.3 is 0 Å². The molecule has 0 aliphatic carbocycles. The van der Waals surface area contributed by atoms with Crippen LogP contribution in [0.2, 0.25) is 5.02 Å². The number of hydrogen-bond donors (Lipinski definition) is 0. The largest absolute Gasteiger partial charge is 0.229 e. The van der Waals surface area contributed by atoms with Crippen molar-refractivity contribution in [3.8, 4) is 22.5 Å². The monoisotopic (exact) mass is 355 g/mol. The minimum absolute atomic E-state index is 0.717. The number of hydrogen-bond acceptors (Lipinski definition) is 2. The molecule has 3 aromatic carbocycles. The average molecular weight is 356 g/mol. The first-order chi connectivity index (χ1) is 12.8. The van der Waals surface area contributed by atoms with Crippen LogP contribution in [0.25, 0.3) is 38.9 Å². The second kappa shape index (κ2) is 5.97. The molecule has 5 aromatic rings. The summed E-state index contributed by atoms with van der Waals surface area (Å²) in [6, 6.07) is 26.4. The molecular weight excluding hydrogens is 342 g/mol. The van der Waals surface area contributed by atoms with Crippen molar-refractivity contribution in [2.75, 3.05) is 0 Å². The molecule has 0 N–H and O–H groups in total. The molecule has 0 unspecified atom stereocenters. The summed E-state index contributed by atoms with van der Waals surface area (Å²) in [6.45, 7) is 0. The first kappa shape index (κ1) is 15.1. The predicted octanol–water partition coefficient (Wildman–Crippen LogP) is 5.87. The molecule has 0 amide bonds. The van der Waals surface area contributed by atoms with Crippen LogP contribution in [0.5, 0.6) is 0 Å². The third-order valence-electron chi connectivity index (χ3n) is 4.51. The van der Waals surface area contributed by atoms with E-state index in [1.807, 2.05) is 42.6 Å². The van der Waals surface area contributed by atoms with E-state index in [0.29, 0.717) is 5.02 Å². The number of halogens is 1. The smallest absolute Gasteiger partial charge is 0.156 e. The molecule has 2 aromatic heterocycles. The second-order valence-electron chi connectivity index (χ2n) is 6.21. The number of benzene rings is 3. The van der Waals surface area contributed by atoms with Crippen molar-refractivity contribution in [3.63, 3.8) is 0 Å². The molecule has 124 valence electrons. The van der Waals surface area contributed by atoms with Crippen molar-refractivity contribution in [2.24, 2.45) is 0 Å². The van der Waals surface area contributed by atoms with E-state index in [1.54, 1.807) is 4.52 Å². The summed E-state index contributed by atoms with van der Waals surface area (Å²) in [5.74, 6) is 0. The maximum absolute atomic E-state index is 5.97. The minimum atomic E-state index is 0.717. The Morgan fingerprint density at radius 3 is 2.31 bits per heavy atom. The Morgan fingerprint density at radius 1 is 0.692 bits per heavy atom. The Balaban J connectivity index is 1.59. The molecule has 3 nitrogen and oxygen atoms in total. The first-order valence-corrected chi connectivity index (χ1v) is 8.76. The summed E-state index contributed by atoms with van der Waals surface area (Å²) in [4.78, 5) is 4.79. The van der Waals surface area contributed by atoms with Gasteiger partial charge in [-0.3, -0.25) is 0 Å². The van der Waals surface area contributed by atoms with Crippen LogP contribution in [0.15, 0.2) is 85.1 Å². The van der Waals surface area contributed by atoms with Crippen molar-refractivity contribution in [1.29, 1.82) is 0 Å². The standard InChI is InChI=1S/C22H14ClN3/c23-19-9-7-16(8-10-19)21-14-22-24-20(11-12-26(22)25-21)18-6-5-15-3-1-2-4-17(15)13-18/h1-14H. The molecule has 0 aliphatic rings. The topological polar surface area (TPSA) is 30.2 Å². The number of fused-ring (bicyclic) bond motifs is 2. The lowest BCUT2D eigenvalue weighted by atomic mass is 10.1. The van der Waals surface area contributed by atoms with Crippen LogP contribution in [-0.2, 0) is 0 Å². The SMILES string of the molecule is Clc1ccc(-c2cc3nc(-c4ccc5ccccc5c4)ccn3n2)cc1. The van der Waals surface area contributed by atoms with E-state index in [-0.39, 0.29) is 0 Å². The summed E-state index contributed by atoms with van der Waals surface area (Å²) in [5, 5.41) is 7.76. The van der Waals surface area contributed by atoms with Crippen molar-refractivity contribution >= 4 is 28.0 Å². The van der Waals surface area contributed by atoms with Gasteiger partial charge in [0.2, 0.25) is 0 Å². The van der Waals surface area contributed by atoms with Crippen LogP contribution >= 0.6 is 11.6 Å². The van der Waals surface area contributed by atoms with Crippen LogP contribution < -0.4 is 0 Å². The van der Waals surface area contributed by atoms with Crippen LogP contribution in [0.3, 0.4) is 0 Å². The van der Waals surface area contributed by atoms with Crippen molar-refractivity contribution in [3.05, 3.63) is 90.1 Å². The highest BCUT2D eigenvalue weighted by atomic mass is 35.5. The van der Waals surface area contributed by atoms with E-state index >= 15 is 0 Å². The molecule has 4 heteroatoms. The van der Waals surface area contributed by atoms with E-state index in [0.717, 1.165) is 28.2 Å². The summed E-state index contributed by atoms with van der Waals surface area (Å²) in [5.41, 5.74) is 4.75. The van der Waals surface area contributed by atoms with E-state index in [1.165, 1.54) is 10.8 Å². The van der Waals surface area contributed by atoms with Gasteiger partial charge in [0.15, 0.2) is 5.65 Å². The van der Waals surface area contributed by atoms with Gasteiger partial charge in [0.05, 0.1) is 11.4 Å². The van der Waals surface area contributed by atoms with Crippen LogP contribution in [-0.4, -0.2) is 14.6 Å². The predicted molar refractivity (Wildman–Crippen MR) is 106 cm³/mol. The van der Waals surface area contributed by atoms with Gasteiger partial charge in [0, 0.05) is 28.4 Å². The van der Waals surface area contributed by atoms with Gasteiger partial charge in [0.25, 0.3) is 0 Å². The van der Waals surface area contributed by atoms with Gasteiger partial charge in [-0.2, -0.15) is 5.10 Å². The molecule has 0 spiro atoms. The average Bonchev–Trinajstić information content (AvgIpc) is 3.11. The van der Waals surface area contributed by atoms with Gasteiger partial charge in [-0.1, -0.05) is 60.1 Å². The van der Waals surface area contributed by atoms with E-state index < -0.39 is 0 Å². The highest BCUT2D eigenvalue weighted by Gasteiger charge is 2.08. The third kappa shape index (κ3) is 2.63. The minimum Gasteiger partial charge on any atom is -0.229 e. The number of rotatable bonds is 2. The summed E-state index contributed by atoms with van der Waals surface area (Å²) in [6.07, 6.45) is 1.95. The Kier molecular flexibility index (Phi) is 3.47. The van der Waals surface area contributed by atoms with Crippen LogP contribution in [0.1, 0.15) is 0 Å². The molecule has 26 heavy (non-hydrogen) atoms. The fourth-order valence-electron chi connectivity index (χ4n) is 3.15. The van der Waals surface area contributed by atoms with Crippen LogP contribution in [0.4, 0.5) is 0 Å². The highest BCUT2D eigenvalue weighted by Crippen LogP contribution is 2.25. The van der Waals surface area contributed by atoms with Gasteiger partial charge < -0.3 is 0 Å². The summed E-state index contributed by atoms with van der Waals surface area (Å²) in [7, 11) is 0. The van der Waals surface area contributed by atoms with Crippen molar-refractivity contribution < 1.29 is 0 Å². The molecular formula is C22H14ClN3. The molecule has 0 bridgehead atoms. The van der Waals surface area contributed by atoms with E-state index in [4.69, 9.17) is 16.6 Å². The van der Waals surface area contributed by atoms with Gasteiger partial charge in [0.1, 0.15) is 0 Å². The molecule has 0 fully saturated rings. The Bertz CT molecular complexity index is 1240. The fourth-order valence-corrected chi connectivity index (χ4v) is 3.28. The number of nitrogens with zero attached hydrogens (tertiary/aromatic N) is 3. The Hall–Kier alpha value is -3.17. The normalized spacial score (nSPS) is 11.3. The summed E-state index contributed by atoms with van der Waals surface area (Å²) < 4.78 is 1.80. The van der Waals surface area contributed by atoms with Gasteiger partial charge in [-0.15, -0.1) is 0 Å². The third-order valence-corrected chi connectivity index (χ3v) is 4.76. The van der Waals surface area contributed by atoms with Crippen molar-refractivity contribution in [1.82, 2.24) is 14.6 Å². The molecule has 0 saturated carbocycles. The lowest BCUT2D eigenvalue weighted by Gasteiger charge is -2.04. The van der Waals surface area contributed by atoms with Crippen molar-refractivity contribution in [2.45, 2.75) is 0 Å². The van der Waals surface area contributed by atoms with E-state index in [2.05, 4.69) is 47.6 Å². The van der Waals surface area contributed by atoms with Crippen LogP contribution in [0, 0.1) is 0 Å².